The molecule has 2 rings (SSSR count). The normalized spacial score (nSPS) is 12.9. The van der Waals surface area contributed by atoms with E-state index in [2.05, 4.69) is 20.9 Å². The van der Waals surface area contributed by atoms with Crippen molar-refractivity contribution in [2.75, 3.05) is 19.8 Å². The molecule has 0 saturated carbocycles. The lowest BCUT2D eigenvalue weighted by molar-refractivity contribution is -0.137. The first-order valence-corrected chi connectivity index (χ1v) is 10.6. The summed E-state index contributed by atoms with van der Waals surface area (Å²) in [5.41, 5.74) is 0.169. The second-order valence-corrected chi connectivity index (χ2v) is 8.38. The Morgan fingerprint density at radius 3 is 2.79 bits per heavy atom. The van der Waals surface area contributed by atoms with Crippen molar-refractivity contribution in [2.45, 2.75) is 43.4 Å². The van der Waals surface area contributed by atoms with Crippen LogP contribution in [0.5, 0.6) is 0 Å². The van der Waals surface area contributed by atoms with Crippen molar-refractivity contribution in [2.24, 2.45) is 0 Å². The first-order chi connectivity index (χ1) is 13.6. The van der Waals surface area contributed by atoms with Crippen LogP contribution in [0.1, 0.15) is 20.3 Å². The van der Waals surface area contributed by atoms with E-state index < -0.39 is 23.9 Å². The molecule has 1 atom stereocenters. The minimum atomic E-state index is -4.49. The van der Waals surface area contributed by atoms with Crippen molar-refractivity contribution in [3.8, 4) is 0 Å². The largest absolute Gasteiger partial charge is 0.405 e. The van der Waals surface area contributed by atoms with Crippen LogP contribution in [0.15, 0.2) is 32.6 Å². The number of aromatic nitrogens is 2. The van der Waals surface area contributed by atoms with E-state index in [1.54, 1.807) is 18.2 Å². The Hall–Kier alpha value is -1.59. The summed E-state index contributed by atoms with van der Waals surface area (Å²) in [6.45, 7) is 3.24. The summed E-state index contributed by atoms with van der Waals surface area (Å²) in [7, 11) is 0. The van der Waals surface area contributed by atoms with Gasteiger partial charge < -0.3 is 10.1 Å². The number of thioether (sulfide) groups is 1. The Kier molecular flexibility index (Phi) is 8.53. The highest BCUT2D eigenvalue weighted by Crippen LogP contribution is 2.24. The van der Waals surface area contributed by atoms with Gasteiger partial charge in [0.05, 0.1) is 16.2 Å². The Morgan fingerprint density at radius 2 is 2.14 bits per heavy atom. The van der Waals surface area contributed by atoms with Gasteiger partial charge in [0.2, 0.25) is 5.91 Å². The Labute approximate surface area is 178 Å². The minimum Gasteiger partial charge on any atom is -0.382 e. The Bertz CT molecular complexity index is 921. The van der Waals surface area contributed by atoms with Gasteiger partial charge in [-0.3, -0.25) is 14.2 Å². The zero-order valence-electron chi connectivity index (χ0n) is 15.9. The Morgan fingerprint density at radius 1 is 1.41 bits per heavy atom. The number of rotatable bonds is 9. The third-order valence-electron chi connectivity index (χ3n) is 3.87. The predicted octanol–water partition coefficient (Wildman–Crippen LogP) is 3.74. The van der Waals surface area contributed by atoms with Gasteiger partial charge in [-0.25, -0.2) is 4.98 Å². The van der Waals surface area contributed by atoms with E-state index in [1.807, 2.05) is 12.2 Å². The molecule has 1 heterocycles. The molecule has 11 heteroatoms. The van der Waals surface area contributed by atoms with E-state index in [0.29, 0.717) is 37.1 Å². The highest BCUT2D eigenvalue weighted by molar-refractivity contribution is 9.10. The number of hydrogen-bond donors (Lipinski definition) is 1. The lowest BCUT2D eigenvalue weighted by Crippen LogP contribution is -2.38. The molecule has 1 aromatic heterocycles. The second kappa shape index (κ2) is 10.4. The number of carbonyl (C=O) groups excluding carboxylic acids is 1. The maximum Gasteiger partial charge on any atom is 0.405 e. The molecule has 2 aromatic rings. The van der Waals surface area contributed by atoms with Crippen molar-refractivity contribution in [1.29, 1.82) is 0 Å². The van der Waals surface area contributed by atoms with Crippen LogP contribution >= 0.6 is 27.7 Å². The maximum absolute atomic E-state index is 13.0. The fourth-order valence-electron chi connectivity index (χ4n) is 2.47. The van der Waals surface area contributed by atoms with Crippen LogP contribution in [0.2, 0.25) is 0 Å². The number of benzene rings is 1. The summed E-state index contributed by atoms with van der Waals surface area (Å²) in [5.74, 6) is -0.779. The molecule has 0 spiro atoms. The highest BCUT2D eigenvalue weighted by Gasteiger charge is 2.29. The van der Waals surface area contributed by atoms with Gasteiger partial charge in [0.25, 0.3) is 5.56 Å². The number of carbonyl (C=O) groups is 1. The molecular formula is C18H21BrF3N3O3S. The van der Waals surface area contributed by atoms with E-state index >= 15 is 0 Å². The molecule has 0 fully saturated rings. The van der Waals surface area contributed by atoms with Crippen LogP contribution in [-0.4, -0.2) is 46.6 Å². The zero-order chi connectivity index (χ0) is 21.6. The van der Waals surface area contributed by atoms with Crippen LogP contribution in [0.3, 0.4) is 0 Å². The third-order valence-corrected chi connectivity index (χ3v) is 5.45. The molecule has 1 amide bonds. The Balaban J connectivity index is 2.30. The van der Waals surface area contributed by atoms with Crippen LogP contribution < -0.4 is 10.9 Å². The average Bonchev–Trinajstić information content (AvgIpc) is 2.65. The van der Waals surface area contributed by atoms with Crippen LogP contribution in [-0.2, 0) is 16.1 Å². The topological polar surface area (TPSA) is 73.2 Å². The number of halogens is 4. The highest BCUT2D eigenvalue weighted by atomic mass is 79.9. The average molecular weight is 496 g/mol. The summed E-state index contributed by atoms with van der Waals surface area (Å²) in [6, 6.07) is 5.07. The van der Waals surface area contributed by atoms with Crippen LogP contribution in [0.4, 0.5) is 13.2 Å². The van der Waals surface area contributed by atoms with Crippen LogP contribution in [0, 0.1) is 0 Å². The van der Waals surface area contributed by atoms with Crippen LogP contribution in [0.25, 0.3) is 10.9 Å². The maximum atomic E-state index is 13.0. The molecule has 0 aliphatic heterocycles. The summed E-state index contributed by atoms with van der Waals surface area (Å²) < 4.78 is 44.5. The first-order valence-electron chi connectivity index (χ1n) is 8.91. The molecule has 29 heavy (non-hydrogen) atoms. The number of nitrogens with one attached hydrogen (secondary N) is 1. The number of amides is 1. The van der Waals surface area contributed by atoms with Crippen molar-refractivity contribution >= 4 is 44.5 Å². The summed E-state index contributed by atoms with van der Waals surface area (Å²) in [5, 5.41) is 1.68. The third kappa shape index (κ3) is 7.00. The summed E-state index contributed by atoms with van der Waals surface area (Å²) in [4.78, 5) is 29.5. The van der Waals surface area contributed by atoms with E-state index in [0.717, 1.165) is 16.2 Å². The van der Waals surface area contributed by atoms with E-state index in [-0.39, 0.29) is 10.7 Å². The first kappa shape index (κ1) is 23.7. The number of alkyl halides is 3. The summed E-state index contributed by atoms with van der Waals surface area (Å²) >= 11 is 4.28. The molecule has 160 valence electrons. The fourth-order valence-corrected chi connectivity index (χ4v) is 3.79. The van der Waals surface area contributed by atoms with E-state index in [4.69, 9.17) is 4.74 Å². The molecule has 0 aliphatic rings. The number of fused-ring (bicyclic) bond motifs is 1. The van der Waals surface area contributed by atoms with Gasteiger partial charge in [0, 0.05) is 24.2 Å². The van der Waals surface area contributed by atoms with Crippen molar-refractivity contribution in [3.63, 3.8) is 0 Å². The molecule has 1 N–H and O–H groups in total. The molecule has 1 unspecified atom stereocenters. The van der Waals surface area contributed by atoms with E-state index in [1.165, 1.54) is 11.5 Å². The number of ether oxygens (including phenoxy) is 1. The van der Waals surface area contributed by atoms with Gasteiger partial charge in [-0.1, -0.05) is 27.7 Å². The number of nitrogens with zero attached hydrogens (tertiary/aromatic N) is 2. The SMILES string of the molecule is CCOCCCn1c(SC(C)C(=O)NCC(F)(F)F)nc2ccc(Br)cc2c1=O. The van der Waals surface area contributed by atoms with Crippen molar-refractivity contribution in [3.05, 3.63) is 33.0 Å². The smallest absolute Gasteiger partial charge is 0.382 e. The fraction of sp³-hybridized carbons (Fsp3) is 0.500. The monoisotopic (exact) mass is 495 g/mol. The predicted molar refractivity (Wildman–Crippen MR) is 109 cm³/mol. The molecule has 0 saturated heterocycles. The van der Waals surface area contributed by atoms with Gasteiger partial charge in [0.1, 0.15) is 6.54 Å². The van der Waals surface area contributed by atoms with Gasteiger partial charge in [-0.15, -0.1) is 0 Å². The van der Waals surface area contributed by atoms with E-state index in [9.17, 15) is 22.8 Å². The quantitative estimate of drug-likeness (QED) is 0.325. The zero-order valence-corrected chi connectivity index (χ0v) is 18.3. The van der Waals surface area contributed by atoms with Gasteiger partial charge in [0.15, 0.2) is 5.16 Å². The standard InChI is InChI=1S/C18H21BrF3N3O3S/c1-3-28-8-4-7-25-16(27)13-9-12(19)5-6-14(13)24-17(25)29-11(2)15(26)23-10-18(20,21)22/h5-6,9,11H,3-4,7-8,10H2,1-2H3,(H,23,26). The van der Waals surface area contributed by atoms with Gasteiger partial charge >= 0.3 is 6.18 Å². The van der Waals surface area contributed by atoms with Gasteiger partial charge in [-0.2, -0.15) is 13.2 Å². The lowest BCUT2D eigenvalue weighted by Gasteiger charge is -2.17. The molecule has 0 radical (unpaired) electrons. The molecule has 6 nitrogen and oxygen atoms in total. The summed E-state index contributed by atoms with van der Waals surface area (Å²) in [6.07, 6.45) is -3.94. The minimum absolute atomic E-state index is 0.274. The second-order valence-electron chi connectivity index (χ2n) is 6.16. The van der Waals surface area contributed by atoms with Crippen molar-refractivity contribution in [1.82, 2.24) is 14.9 Å². The molecule has 0 bridgehead atoms. The molecule has 0 aliphatic carbocycles. The molecule has 1 aromatic carbocycles. The number of hydrogen-bond acceptors (Lipinski definition) is 5. The van der Waals surface area contributed by atoms with Crippen molar-refractivity contribution < 1.29 is 22.7 Å². The lowest BCUT2D eigenvalue weighted by atomic mass is 10.2. The van der Waals surface area contributed by atoms with Gasteiger partial charge in [-0.05, 0) is 38.5 Å². The molecular weight excluding hydrogens is 475 g/mol.